The van der Waals surface area contributed by atoms with Crippen LogP contribution < -0.4 is 15.4 Å². The number of unbranched alkanes of at least 4 members (excludes halogenated alkanes) is 1. The summed E-state index contributed by atoms with van der Waals surface area (Å²) in [5, 5.41) is 5.76. The summed E-state index contributed by atoms with van der Waals surface area (Å²) in [5.74, 6) is -0.000814. The van der Waals surface area contributed by atoms with Crippen molar-refractivity contribution in [3.8, 4) is 5.75 Å². The molecule has 6 nitrogen and oxygen atoms in total. The van der Waals surface area contributed by atoms with Gasteiger partial charge in [0.05, 0.1) is 29.5 Å². The molecular formula is C23H28N2O4. The van der Waals surface area contributed by atoms with Gasteiger partial charge < -0.3 is 20.1 Å². The van der Waals surface area contributed by atoms with Crippen molar-refractivity contribution in [1.29, 1.82) is 0 Å². The van der Waals surface area contributed by atoms with E-state index in [1.165, 1.54) is 0 Å². The summed E-state index contributed by atoms with van der Waals surface area (Å²) < 4.78 is 11.3. The quantitative estimate of drug-likeness (QED) is 0.628. The fraction of sp³-hybridized carbons (Fsp3) is 0.391. The third-order valence-corrected chi connectivity index (χ3v) is 4.82. The van der Waals surface area contributed by atoms with Crippen molar-refractivity contribution >= 4 is 17.5 Å². The fourth-order valence-electron chi connectivity index (χ4n) is 3.19. The van der Waals surface area contributed by atoms with Crippen LogP contribution in [0.2, 0.25) is 0 Å². The van der Waals surface area contributed by atoms with Crippen LogP contribution in [-0.4, -0.2) is 37.7 Å². The van der Waals surface area contributed by atoms with Crippen LogP contribution in [0, 0.1) is 0 Å². The highest BCUT2D eigenvalue weighted by molar-refractivity contribution is 6.10. The molecule has 6 heteroatoms. The first-order valence-corrected chi connectivity index (χ1v) is 10.2. The van der Waals surface area contributed by atoms with Crippen LogP contribution in [0.5, 0.6) is 5.75 Å². The largest absolute Gasteiger partial charge is 0.493 e. The number of carbonyl (C=O) groups is 2. The predicted molar refractivity (Wildman–Crippen MR) is 113 cm³/mol. The van der Waals surface area contributed by atoms with E-state index in [4.69, 9.17) is 9.47 Å². The van der Waals surface area contributed by atoms with Crippen LogP contribution in [0.4, 0.5) is 5.69 Å². The number of benzene rings is 2. The minimum atomic E-state index is -0.309. The fourth-order valence-corrected chi connectivity index (χ4v) is 3.19. The van der Waals surface area contributed by atoms with E-state index in [9.17, 15) is 9.59 Å². The lowest BCUT2D eigenvalue weighted by Crippen LogP contribution is -2.32. The van der Waals surface area contributed by atoms with Gasteiger partial charge in [-0.1, -0.05) is 37.6 Å². The number of amides is 2. The zero-order chi connectivity index (χ0) is 20.5. The van der Waals surface area contributed by atoms with Crippen LogP contribution in [0.1, 0.15) is 53.3 Å². The molecule has 1 atom stereocenters. The Hall–Kier alpha value is -2.86. The molecule has 154 valence electrons. The highest BCUT2D eigenvalue weighted by Gasteiger charge is 2.19. The van der Waals surface area contributed by atoms with E-state index < -0.39 is 0 Å². The number of hydrogen-bond donors (Lipinski definition) is 2. The molecule has 1 aliphatic rings. The van der Waals surface area contributed by atoms with Gasteiger partial charge in [-0.25, -0.2) is 0 Å². The van der Waals surface area contributed by atoms with E-state index in [0.717, 1.165) is 32.3 Å². The van der Waals surface area contributed by atoms with Crippen LogP contribution in [-0.2, 0) is 4.74 Å². The molecule has 0 radical (unpaired) electrons. The molecule has 1 unspecified atom stereocenters. The molecule has 0 bridgehead atoms. The minimum absolute atomic E-state index is 0.0628. The van der Waals surface area contributed by atoms with Crippen molar-refractivity contribution in [1.82, 2.24) is 5.32 Å². The SMILES string of the molecule is CCCCOc1ccccc1C(=O)Nc1ccccc1C(=O)NCC1CCCO1. The molecule has 2 N–H and O–H groups in total. The topological polar surface area (TPSA) is 76.7 Å². The third-order valence-electron chi connectivity index (χ3n) is 4.82. The van der Waals surface area contributed by atoms with Gasteiger partial charge in [0, 0.05) is 13.2 Å². The maximum absolute atomic E-state index is 12.9. The molecule has 1 heterocycles. The molecule has 2 aromatic rings. The van der Waals surface area contributed by atoms with Gasteiger partial charge in [0.15, 0.2) is 0 Å². The number of para-hydroxylation sites is 2. The van der Waals surface area contributed by atoms with Crippen LogP contribution >= 0.6 is 0 Å². The Labute approximate surface area is 171 Å². The molecule has 1 fully saturated rings. The van der Waals surface area contributed by atoms with Crippen molar-refractivity contribution in [3.05, 3.63) is 59.7 Å². The lowest BCUT2D eigenvalue weighted by Gasteiger charge is -2.15. The molecule has 0 spiro atoms. The number of ether oxygens (including phenoxy) is 2. The first kappa shape index (κ1) is 20.9. The number of nitrogens with one attached hydrogen (secondary N) is 2. The second-order valence-corrected chi connectivity index (χ2v) is 7.04. The summed E-state index contributed by atoms with van der Waals surface area (Å²) in [4.78, 5) is 25.5. The van der Waals surface area contributed by atoms with E-state index in [1.807, 2.05) is 6.07 Å². The van der Waals surface area contributed by atoms with Crippen LogP contribution in [0.3, 0.4) is 0 Å². The van der Waals surface area contributed by atoms with Crippen molar-refractivity contribution in [2.24, 2.45) is 0 Å². The average molecular weight is 396 g/mol. The van der Waals surface area contributed by atoms with E-state index >= 15 is 0 Å². The smallest absolute Gasteiger partial charge is 0.259 e. The van der Waals surface area contributed by atoms with E-state index in [1.54, 1.807) is 42.5 Å². The lowest BCUT2D eigenvalue weighted by atomic mass is 10.1. The second kappa shape index (κ2) is 10.6. The Morgan fingerprint density at radius 1 is 1.07 bits per heavy atom. The molecule has 1 aliphatic heterocycles. The first-order chi connectivity index (χ1) is 14.2. The maximum atomic E-state index is 12.9. The molecule has 29 heavy (non-hydrogen) atoms. The van der Waals surface area contributed by atoms with Gasteiger partial charge in [-0.15, -0.1) is 0 Å². The van der Waals surface area contributed by atoms with Gasteiger partial charge in [0.2, 0.25) is 0 Å². The number of hydrogen-bond acceptors (Lipinski definition) is 4. The summed E-state index contributed by atoms with van der Waals surface area (Å²) in [7, 11) is 0. The van der Waals surface area contributed by atoms with Gasteiger partial charge in [-0.2, -0.15) is 0 Å². The average Bonchev–Trinajstić information content (AvgIpc) is 3.26. The number of carbonyl (C=O) groups excluding carboxylic acids is 2. The predicted octanol–water partition coefficient (Wildman–Crippen LogP) is 4.03. The Kier molecular flexibility index (Phi) is 7.64. The van der Waals surface area contributed by atoms with E-state index in [-0.39, 0.29) is 17.9 Å². The van der Waals surface area contributed by atoms with E-state index in [2.05, 4.69) is 17.6 Å². The molecule has 1 saturated heterocycles. The summed E-state index contributed by atoms with van der Waals surface area (Å²) in [5.41, 5.74) is 1.33. The lowest BCUT2D eigenvalue weighted by molar-refractivity contribution is 0.0858. The number of anilines is 1. The minimum Gasteiger partial charge on any atom is -0.493 e. The molecule has 2 aromatic carbocycles. The van der Waals surface area contributed by atoms with Crippen molar-refractivity contribution in [2.75, 3.05) is 25.1 Å². The van der Waals surface area contributed by atoms with Gasteiger partial charge in [0.1, 0.15) is 5.75 Å². The standard InChI is InChI=1S/C23H28N2O4/c1-2-3-14-29-21-13-7-5-11-19(21)23(27)25-20-12-6-4-10-18(20)22(26)24-16-17-9-8-15-28-17/h4-7,10-13,17H,2-3,8-9,14-16H2,1H3,(H,24,26)(H,25,27). The maximum Gasteiger partial charge on any atom is 0.259 e. The Morgan fingerprint density at radius 3 is 2.59 bits per heavy atom. The van der Waals surface area contributed by atoms with Gasteiger partial charge >= 0.3 is 0 Å². The van der Waals surface area contributed by atoms with Gasteiger partial charge in [0.25, 0.3) is 11.8 Å². The molecule has 2 amide bonds. The number of rotatable bonds is 9. The van der Waals surface area contributed by atoms with Crippen LogP contribution in [0.25, 0.3) is 0 Å². The summed E-state index contributed by atoms with van der Waals surface area (Å²) in [6.07, 6.45) is 3.97. The van der Waals surface area contributed by atoms with Gasteiger partial charge in [-0.05, 0) is 43.5 Å². The molecule has 0 aliphatic carbocycles. The van der Waals surface area contributed by atoms with Crippen molar-refractivity contribution in [3.63, 3.8) is 0 Å². The second-order valence-electron chi connectivity index (χ2n) is 7.04. The zero-order valence-electron chi connectivity index (χ0n) is 16.8. The molecule has 0 aromatic heterocycles. The Morgan fingerprint density at radius 2 is 1.83 bits per heavy atom. The first-order valence-electron chi connectivity index (χ1n) is 10.2. The third kappa shape index (κ3) is 5.81. The Balaban J connectivity index is 1.68. The molecule has 3 rings (SSSR count). The summed E-state index contributed by atoms with van der Waals surface area (Å²) >= 11 is 0. The van der Waals surface area contributed by atoms with Gasteiger partial charge in [-0.3, -0.25) is 9.59 Å². The normalized spacial score (nSPS) is 15.7. The molecular weight excluding hydrogens is 368 g/mol. The summed E-state index contributed by atoms with van der Waals surface area (Å²) in [6.45, 7) is 3.86. The highest BCUT2D eigenvalue weighted by atomic mass is 16.5. The van der Waals surface area contributed by atoms with Crippen LogP contribution in [0.15, 0.2) is 48.5 Å². The van der Waals surface area contributed by atoms with E-state index in [0.29, 0.717) is 35.7 Å². The highest BCUT2D eigenvalue weighted by Crippen LogP contribution is 2.22. The monoisotopic (exact) mass is 396 g/mol. The Bertz CT molecular complexity index is 831. The summed E-state index contributed by atoms with van der Waals surface area (Å²) in [6, 6.07) is 14.1. The zero-order valence-corrected chi connectivity index (χ0v) is 16.8. The van der Waals surface area contributed by atoms with Crippen molar-refractivity contribution in [2.45, 2.75) is 38.7 Å². The molecule has 0 saturated carbocycles. The van der Waals surface area contributed by atoms with Crippen molar-refractivity contribution < 1.29 is 19.1 Å².